The molecule has 0 saturated carbocycles. The smallest absolute Gasteiger partial charge is 0.173 e. The number of ether oxygens (including phenoxy) is 1. The maximum atomic E-state index is 5.61. The van der Waals surface area contributed by atoms with Gasteiger partial charge in [-0.15, -0.1) is 0 Å². The minimum Gasteiger partial charge on any atom is -0.496 e. The van der Waals surface area contributed by atoms with Gasteiger partial charge in [0.25, 0.3) is 0 Å². The second-order valence-electron chi connectivity index (χ2n) is 3.98. The van der Waals surface area contributed by atoms with Crippen LogP contribution in [-0.4, -0.2) is 12.3 Å². The average Bonchev–Trinajstić information content (AvgIpc) is 2.83. The molecule has 0 fully saturated rings. The van der Waals surface area contributed by atoms with Crippen LogP contribution in [0.2, 0.25) is 0 Å². The van der Waals surface area contributed by atoms with Crippen LogP contribution in [0.15, 0.2) is 47.0 Å². The van der Waals surface area contributed by atoms with Crippen molar-refractivity contribution in [2.24, 2.45) is 0 Å². The van der Waals surface area contributed by atoms with Crippen LogP contribution in [0.1, 0.15) is 0 Å². The predicted octanol–water partition coefficient (Wildman–Crippen LogP) is 3.09. The fourth-order valence-electron chi connectivity index (χ4n) is 2.08. The molecule has 4 nitrogen and oxygen atoms in total. The lowest BCUT2D eigenvalue weighted by Gasteiger charge is -2.09. The topological polar surface area (TPSA) is 61.3 Å². The second kappa shape index (κ2) is 4.07. The zero-order valence-electron chi connectivity index (χ0n) is 9.88. The summed E-state index contributed by atoms with van der Waals surface area (Å²) >= 11 is 0. The predicted molar refractivity (Wildman–Crippen MR) is 70.4 cm³/mol. The zero-order chi connectivity index (χ0) is 12.5. The van der Waals surface area contributed by atoms with Crippen LogP contribution in [0, 0.1) is 0 Å². The number of fused-ring (bicyclic) bond motifs is 1. The third kappa shape index (κ3) is 1.59. The third-order valence-electron chi connectivity index (χ3n) is 2.89. The van der Waals surface area contributed by atoms with E-state index in [4.69, 9.17) is 15.0 Å². The van der Waals surface area contributed by atoms with E-state index >= 15 is 0 Å². The van der Waals surface area contributed by atoms with E-state index in [9.17, 15) is 0 Å². The molecule has 0 aliphatic heterocycles. The molecule has 2 N–H and O–H groups in total. The standard InChI is InChI=1S/C14H12N2O2/c1-17-11-7-6-9-4-2-3-5-10(9)14(11)12-8-13(15)16-18-12/h2-8H,1H3,(H2,15,16). The van der Waals surface area contributed by atoms with Crippen molar-refractivity contribution in [2.75, 3.05) is 12.8 Å². The summed E-state index contributed by atoms with van der Waals surface area (Å²) in [5.41, 5.74) is 6.48. The molecule has 90 valence electrons. The normalized spacial score (nSPS) is 10.7. The van der Waals surface area contributed by atoms with E-state index in [1.165, 1.54) is 0 Å². The maximum Gasteiger partial charge on any atom is 0.173 e. The van der Waals surface area contributed by atoms with E-state index in [1.807, 2.05) is 36.4 Å². The Hall–Kier alpha value is -2.49. The van der Waals surface area contributed by atoms with Gasteiger partial charge in [0.1, 0.15) is 5.75 Å². The largest absolute Gasteiger partial charge is 0.496 e. The highest BCUT2D eigenvalue weighted by Gasteiger charge is 2.14. The van der Waals surface area contributed by atoms with Crippen LogP contribution >= 0.6 is 0 Å². The molecule has 0 spiro atoms. The van der Waals surface area contributed by atoms with Crippen LogP contribution in [-0.2, 0) is 0 Å². The van der Waals surface area contributed by atoms with Crippen LogP contribution in [0.25, 0.3) is 22.1 Å². The van der Waals surface area contributed by atoms with Crippen molar-refractivity contribution < 1.29 is 9.26 Å². The van der Waals surface area contributed by atoms with E-state index in [0.29, 0.717) is 11.6 Å². The highest BCUT2D eigenvalue weighted by Crippen LogP contribution is 2.37. The molecular weight excluding hydrogens is 228 g/mol. The minimum absolute atomic E-state index is 0.361. The van der Waals surface area contributed by atoms with Gasteiger partial charge in [0, 0.05) is 6.07 Å². The number of benzene rings is 2. The number of hydrogen-bond acceptors (Lipinski definition) is 4. The first-order chi connectivity index (χ1) is 8.79. The Labute approximate surface area is 104 Å². The third-order valence-corrected chi connectivity index (χ3v) is 2.89. The number of hydrogen-bond donors (Lipinski definition) is 1. The van der Waals surface area contributed by atoms with E-state index in [1.54, 1.807) is 13.2 Å². The summed E-state index contributed by atoms with van der Waals surface area (Å²) < 4.78 is 10.6. The fourth-order valence-corrected chi connectivity index (χ4v) is 2.08. The lowest BCUT2D eigenvalue weighted by molar-refractivity contribution is 0.408. The fraction of sp³-hybridized carbons (Fsp3) is 0.0714. The van der Waals surface area contributed by atoms with Gasteiger partial charge in [-0.05, 0) is 16.8 Å². The molecule has 0 bridgehead atoms. The van der Waals surface area contributed by atoms with Crippen LogP contribution < -0.4 is 10.5 Å². The highest BCUT2D eigenvalue weighted by atomic mass is 16.5. The molecule has 4 heteroatoms. The van der Waals surface area contributed by atoms with Gasteiger partial charge >= 0.3 is 0 Å². The number of nitrogens with zero attached hydrogens (tertiary/aromatic N) is 1. The molecule has 0 aliphatic rings. The number of nitrogens with two attached hydrogens (primary N) is 1. The summed E-state index contributed by atoms with van der Waals surface area (Å²) in [4.78, 5) is 0. The average molecular weight is 240 g/mol. The first-order valence-corrected chi connectivity index (χ1v) is 5.58. The van der Waals surface area contributed by atoms with Gasteiger partial charge in [-0.3, -0.25) is 0 Å². The highest BCUT2D eigenvalue weighted by molar-refractivity contribution is 5.98. The van der Waals surface area contributed by atoms with Gasteiger partial charge in [-0.25, -0.2) is 0 Å². The van der Waals surface area contributed by atoms with Crippen molar-refractivity contribution in [3.63, 3.8) is 0 Å². The van der Waals surface area contributed by atoms with Crippen molar-refractivity contribution >= 4 is 16.6 Å². The zero-order valence-corrected chi connectivity index (χ0v) is 9.88. The Morgan fingerprint density at radius 2 is 2.00 bits per heavy atom. The van der Waals surface area contributed by atoms with Gasteiger partial charge in [-0.2, -0.15) is 0 Å². The van der Waals surface area contributed by atoms with Gasteiger partial charge < -0.3 is 15.0 Å². The number of anilines is 1. The van der Waals surface area contributed by atoms with Crippen molar-refractivity contribution in [2.45, 2.75) is 0 Å². The molecule has 2 aromatic carbocycles. The summed E-state index contributed by atoms with van der Waals surface area (Å²) in [5, 5.41) is 5.89. The van der Waals surface area contributed by atoms with Gasteiger partial charge in [0.05, 0.1) is 12.7 Å². The molecule has 1 heterocycles. The van der Waals surface area contributed by atoms with Crippen LogP contribution in [0.4, 0.5) is 5.82 Å². The first-order valence-electron chi connectivity index (χ1n) is 5.58. The molecule has 0 amide bonds. The van der Waals surface area contributed by atoms with Crippen molar-refractivity contribution in [3.8, 4) is 17.1 Å². The maximum absolute atomic E-state index is 5.61. The molecule has 3 rings (SSSR count). The summed E-state index contributed by atoms with van der Waals surface area (Å²) in [6.45, 7) is 0. The SMILES string of the molecule is COc1ccc2ccccc2c1-c1cc(N)no1. The number of methoxy groups -OCH3 is 1. The Kier molecular flexibility index (Phi) is 2.41. The van der Waals surface area contributed by atoms with E-state index in [0.717, 1.165) is 22.1 Å². The molecule has 0 atom stereocenters. The van der Waals surface area contributed by atoms with Crippen molar-refractivity contribution in [1.29, 1.82) is 0 Å². The molecule has 3 aromatic rings. The molecule has 1 aromatic heterocycles. The minimum atomic E-state index is 0.361. The van der Waals surface area contributed by atoms with Gasteiger partial charge in [0.2, 0.25) is 0 Å². The Bertz CT molecular complexity index is 704. The van der Waals surface area contributed by atoms with Gasteiger partial charge in [-0.1, -0.05) is 35.5 Å². The van der Waals surface area contributed by atoms with E-state index in [-0.39, 0.29) is 0 Å². The van der Waals surface area contributed by atoms with Gasteiger partial charge in [0.15, 0.2) is 11.6 Å². The molecule has 18 heavy (non-hydrogen) atoms. The molecule has 0 radical (unpaired) electrons. The van der Waals surface area contributed by atoms with Crippen molar-refractivity contribution in [1.82, 2.24) is 5.16 Å². The van der Waals surface area contributed by atoms with E-state index < -0.39 is 0 Å². The summed E-state index contributed by atoms with van der Waals surface area (Å²) in [7, 11) is 1.63. The van der Waals surface area contributed by atoms with E-state index in [2.05, 4.69) is 5.16 Å². The summed E-state index contributed by atoms with van der Waals surface area (Å²) in [6, 6.07) is 13.7. The lowest BCUT2D eigenvalue weighted by atomic mass is 10.0. The second-order valence-corrected chi connectivity index (χ2v) is 3.98. The monoisotopic (exact) mass is 240 g/mol. The lowest BCUT2D eigenvalue weighted by Crippen LogP contribution is -1.88. The number of nitrogen functional groups attached to an aromatic ring is 1. The number of aromatic nitrogens is 1. The Morgan fingerprint density at radius 1 is 1.17 bits per heavy atom. The summed E-state index contributed by atoms with van der Waals surface area (Å²) in [6.07, 6.45) is 0. The number of rotatable bonds is 2. The summed E-state index contributed by atoms with van der Waals surface area (Å²) in [5.74, 6) is 1.71. The quantitative estimate of drug-likeness (QED) is 0.747. The molecule has 0 unspecified atom stereocenters. The molecule has 0 aliphatic carbocycles. The van der Waals surface area contributed by atoms with Crippen molar-refractivity contribution in [3.05, 3.63) is 42.5 Å². The first kappa shape index (κ1) is 10.7. The Balaban J connectivity index is 2.37. The molecule has 0 saturated heterocycles. The van der Waals surface area contributed by atoms with Crippen LogP contribution in [0.3, 0.4) is 0 Å². The molecular formula is C14H12N2O2. The van der Waals surface area contributed by atoms with Crippen LogP contribution in [0.5, 0.6) is 5.75 Å². The Morgan fingerprint density at radius 3 is 2.72 bits per heavy atom.